The number of carbonyl (C=O) groups is 2. The van der Waals surface area contributed by atoms with Gasteiger partial charge in [0, 0.05) is 55.5 Å². The molecule has 0 aromatic heterocycles. The van der Waals surface area contributed by atoms with E-state index in [1.54, 1.807) is 42.5 Å². The number of hydrogen-bond donors (Lipinski definition) is 0. The maximum absolute atomic E-state index is 13.2. The molecule has 0 spiro atoms. The highest BCUT2D eigenvalue weighted by atomic mass is 16.6. The number of nitro benzene ring substituents is 1. The third kappa shape index (κ3) is 4.15. The van der Waals surface area contributed by atoms with Gasteiger partial charge in [0.1, 0.15) is 5.69 Å². The van der Waals surface area contributed by atoms with Crippen LogP contribution >= 0.6 is 0 Å². The van der Waals surface area contributed by atoms with E-state index in [1.165, 1.54) is 6.07 Å². The highest BCUT2D eigenvalue weighted by Gasteiger charge is 2.26. The first kappa shape index (κ1) is 20.6. The predicted octanol–water partition coefficient (Wildman–Crippen LogP) is 3.08. The van der Waals surface area contributed by atoms with E-state index in [4.69, 9.17) is 0 Å². The van der Waals surface area contributed by atoms with Gasteiger partial charge in [0.05, 0.1) is 16.2 Å². The number of hydrogen-bond acceptors (Lipinski definition) is 7. The number of rotatable bonds is 6. The first-order valence-electron chi connectivity index (χ1n) is 10.1. The van der Waals surface area contributed by atoms with Gasteiger partial charge < -0.3 is 9.80 Å². The molecule has 0 atom stereocenters. The molecule has 1 fully saturated rings. The fraction of sp³-hybridized carbons (Fsp3) is 0.261. The van der Waals surface area contributed by atoms with Crippen LogP contribution in [0.1, 0.15) is 26.4 Å². The summed E-state index contributed by atoms with van der Waals surface area (Å²) in [4.78, 5) is 44.6. The van der Waals surface area contributed by atoms with Crippen molar-refractivity contribution >= 4 is 23.4 Å². The Labute approximate surface area is 179 Å². The molecule has 1 aromatic carbocycles. The molecule has 2 aliphatic heterocycles. The van der Waals surface area contributed by atoms with Gasteiger partial charge in [-0.25, -0.2) is 4.98 Å². The molecule has 3 aliphatic rings. The summed E-state index contributed by atoms with van der Waals surface area (Å²) >= 11 is 0. The molecule has 1 aliphatic carbocycles. The molecule has 31 heavy (non-hydrogen) atoms. The van der Waals surface area contributed by atoms with E-state index >= 15 is 0 Å². The summed E-state index contributed by atoms with van der Waals surface area (Å²) in [5.41, 5.74) is 2.45. The lowest BCUT2D eigenvalue weighted by Crippen LogP contribution is -2.44. The Morgan fingerprint density at radius 2 is 1.87 bits per heavy atom. The van der Waals surface area contributed by atoms with Crippen molar-refractivity contribution in [2.45, 2.75) is 6.42 Å². The van der Waals surface area contributed by atoms with Crippen molar-refractivity contribution in [1.29, 1.82) is 0 Å². The van der Waals surface area contributed by atoms with Crippen molar-refractivity contribution in [3.05, 3.63) is 75.5 Å². The summed E-state index contributed by atoms with van der Waals surface area (Å²) in [5, 5.41) is 11.6. The van der Waals surface area contributed by atoms with Gasteiger partial charge in [-0.1, -0.05) is 24.3 Å². The molecule has 4 rings (SSSR count). The second-order valence-corrected chi connectivity index (χ2v) is 7.66. The molecule has 0 unspecified atom stereocenters. The van der Waals surface area contributed by atoms with E-state index in [0.717, 1.165) is 31.9 Å². The highest BCUT2D eigenvalue weighted by molar-refractivity contribution is 6.09. The summed E-state index contributed by atoms with van der Waals surface area (Å²) in [6.45, 7) is 3.42. The van der Waals surface area contributed by atoms with Gasteiger partial charge in [-0.2, -0.15) is 0 Å². The zero-order valence-corrected chi connectivity index (χ0v) is 17.2. The van der Waals surface area contributed by atoms with E-state index in [-0.39, 0.29) is 29.1 Å². The summed E-state index contributed by atoms with van der Waals surface area (Å²) in [5.74, 6) is -0.366. The first-order valence-corrected chi connectivity index (χ1v) is 10.1. The van der Waals surface area contributed by atoms with Crippen molar-refractivity contribution in [3.8, 4) is 11.3 Å². The van der Waals surface area contributed by atoms with Gasteiger partial charge in [0.15, 0.2) is 12.1 Å². The number of piperazine rings is 1. The van der Waals surface area contributed by atoms with Crippen LogP contribution in [0.25, 0.3) is 11.3 Å². The predicted molar refractivity (Wildman–Crippen MR) is 117 cm³/mol. The Kier molecular flexibility index (Phi) is 5.73. The monoisotopic (exact) mass is 418 g/mol. The number of nitro groups is 1. The number of ketones is 1. The van der Waals surface area contributed by atoms with Gasteiger partial charge in [0.2, 0.25) is 0 Å². The van der Waals surface area contributed by atoms with Crippen LogP contribution in [-0.2, 0) is 6.42 Å². The van der Waals surface area contributed by atoms with E-state index in [1.807, 2.05) is 0 Å². The number of fused-ring (bicyclic) bond motifs is 1. The Morgan fingerprint density at radius 3 is 2.58 bits per heavy atom. The number of likely N-dealkylation sites (N-methyl/N-ethyl adjacent to an activating group) is 1. The quantitative estimate of drug-likeness (QED) is 0.263. The molecule has 0 N–H and O–H groups in total. The van der Waals surface area contributed by atoms with Gasteiger partial charge in [-0.05, 0) is 25.2 Å². The molecular weight excluding hydrogens is 396 g/mol. The molecule has 0 radical (unpaired) electrons. The van der Waals surface area contributed by atoms with Crippen LogP contribution in [-0.4, -0.2) is 60.1 Å². The highest BCUT2D eigenvalue weighted by Crippen LogP contribution is 2.31. The number of carbonyl (C=O) groups excluding carboxylic acids is 2. The summed E-state index contributed by atoms with van der Waals surface area (Å²) in [6.07, 6.45) is 0.375. The van der Waals surface area contributed by atoms with Crippen molar-refractivity contribution in [2.75, 3.05) is 38.1 Å². The first-order chi connectivity index (χ1) is 15.0. The number of benzene rings is 1. The molecule has 8 heteroatoms. The second kappa shape index (κ2) is 8.61. The maximum atomic E-state index is 13.2. The standard InChI is InChI=1S/C23H22N4O4/c1-25-9-11-26(12-10-25)17-7-8-21(27(30)31)16(13-17)14-22(29)23-18-5-3-2-4-6-19(18)24-20(23)15-28/h2-8,13,15H,9-12,14H2,1H3. The molecule has 0 bridgehead atoms. The fourth-order valence-electron chi connectivity index (χ4n) is 3.96. The van der Waals surface area contributed by atoms with Crippen LogP contribution in [0.15, 0.2) is 48.5 Å². The summed E-state index contributed by atoms with van der Waals surface area (Å²) in [7, 11) is 2.06. The number of anilines is 1. The third-order valence-electron chi connectivity index (χ3n) is 5.65. The Morgan fingerprint density at radius 1 is 1.13 bits per heavy atom. The van der Waals surface area contributed by atoms with Crippen LogP contribution in [0.3, 0.4) is 0 Å². The minimum absolute atomic E-state index is 0.0593. The summed E-state index contributed by atoms with van der Waals surface area (Å²) < 4.78 is 0. The topological polar surface area (TPSA) is 96.7 Å². The van der Waals surface area contributed by atoms with Crippen LogP contribution in [0.5, 0.6) is 0 Å². The summed E-state index contributed by atoms with van der Waals surface area (Å²) in [6, 6.07) is 13.7. The molecular formula is C23H22N4O4. The van der Waals surface area contributed by atoms with E-state index in [9.17, 15) is 19.7 Å². The molecule has 2 heterocycles. The number of aromatic nitrogens is 1. The van der Waals surface area contributed by atoms with Gasteiger partial charge in [0.25, 0.3) is 5.69 Å². The third-order valence-corrected chi connectivity index (χ3v) is 5.65. The van der Waals surface area contributed by atoms with Crippen molar-refractivity contribution in [2.24, 2.45) is 0 Å². The molecule has 0 saturated carbocycles. The van der Waals surface area contributed by atoms with E-state index in [0.29, 0.717) is 23.1 Å². The Hall–Kier alpha value is -3.65. The maximum Gasteiger partial charge on any atom is 0.273 e. The smallest absolute Gasteiger partial charge is 0.273 e. The second-order valence-electron chi connectivity index (χ2n) is 7.66. The molecule has 158 valence electrons. The number of nitrogens with zero attached hydrogens (tertiary/aromatic N) is 4. The van der Waals surface area contributed by atoms with Gasteiger partial charge in [-0.15, -0.1) is 0 Å². The minimum atomic E-state index is -0.474. The zero-order chi connectivity index (χ0) is 22.0. The fourth-order valence-corrected chi connectivity index (χ4v) is 3.96. The lowest BCUT2D eigenvalue weighted by molar-refractivity contribution is -0.385. The van der Waals surface area contributed by atoms with Gasteiger partial charge in [-0.3, -0.25) is 19.7 Å². The Balaban J connectivity index is 1.70. The Bertz CT molecular complexity index is 1120. The lowest BCUT2D eigenvalue weighted by Gasteiger charge is -2.34. The van der Waals surface area contributed by atoms with Gasteiger partial charge >= 0.3 is 0 Å². The largest absolute Gasteiger partial charge is 0.369 e. The molecule has 0 amide bonds. The minimum Gasteiger partial charge on any atom is -0.369 e. The molecule has 8 nitrogen and oxygen atoms in total. The normalized spacial score (nSPS) is 14.5. The van der Waals surface area contributed by atoms with Crippen molar-refractivity contribution in [1.82, 2.24) is 9.88 Å². The van der Waals surface area contributed by atoms with Crippen LogP contribution in [0, 0.1) is 10.1 Å². The van der Waals surface area contributed by atoms with Crippen LogP contribution < -0.4 is 4.90 Å². The SMILES string of the molecule is CN1CCN(c2ccc([N+](=O)[O-])c(CC(=O)c3c4cccccc-4nc3C=O)c2)CC1. The van der Waals surface area contributed by atoms with Crippen molar-refractivity contribution in [3.63, 3.8) is 0 Å². The number of Topliss-reactive ketones (excluding diaryl/α,β-unsaturated/α-hetero) is 1. The van der Waals surface area contributed by atoms with Crippen molar-refractivity contribution < 1.29 is 14.5 Å². The average Bonchev–Trinajstić information content (AvgIpc) is 2.96. The average molecular weight is 418 g/mol. The van der Waals surface area contributed by atoms with E-state index in [2.05, 4.69) is 21.8 Å². The molecule has 1 saturated heterocycles. The van der Waals surface area contributed by atoms with E-state index < -0.39 is 4.92 Å². The molecule has 1 aromatic rings. The van der Waals surface area contributed by atoms with Crippen LogP contribution in [0.4, 0.5) is 11.4 Å². The lowest BCUT2D eigenvalue weighted by atomic mass is 9.97. The zero-order valence-electron chi connectivity index (χ0n) is 17.2. The number of aldehydes is 1. The van der Waals surface area contributed by atoms with Crippen LogP contribution in [0.2, 0.25) is 0 Å².